The van der Waals surface area contributed by atoms with Gasteiger partial charge >= 0.3 is 0 Å². The van der Waals surface area contributed by atoms with E-state index in [0.29, 0.717) is 0 Å². The predicted octanol–water partition coefficient (Wildman–Crippen LogP) is 4.16. The SMILES string of the molecule is C[N+](=O)[O-].Cc1cncc2sc(-c3ccccc3)cc12. The van der Waals surface area contributed by atoms with E-state index < -0.39 is 4.92 Å². The first-order valence-corrected chi connectivity index (χ1v) is 6.87. The molecule has 0 amide bonds. The van der Waals surface area contributed by atoms with Crippen LogP contribution in [0.5, 0.6) is 0 Å². The average molecular weight is 286 g/mol. The van der Waals surface area contributed by atoms with Crippen molar-refractivity contribution < 1.29 is 4.92 Å². The minimum Gasteiger partial charge on any atom is -0.265 e. The van der Waals surface area contributed by atoms with E-state index in [-0.39, 0.29) is 0 Å². The summed E-state index contributed by atoms with van der Waals surface area (Å²) in [4.78, 5) is 13.8. The van der Waals surface area contributed by atoms with Crippen LogP contribution in [0.15, 0.2) is 48.8 Å². The Hall–Kier alpha value is -2.27. The highest BCUT2D eigenvalue weighted by Crippen LogP contribution is 2.34. The normalized spacial score (nSPS) is 9.90. The first kappa shape index (κ1) is 14.1. The summed E-state index contributed by atoms with van der Waals surface area (Å²) >= 11 is 1.80. The lowest BCUT2D eigenvalue weighted by Gasteiger charge is -1.93. The van der Waals surface area contributed by atoms with Crippen LogP contribution >= 0.6 is 11.3 Å². The molecule has 0 N–H and O–H groups in total. The zero-order chi connectivity index (χ0) is 14.5. The molecule has 3 aromatic rings. The Kier molecular flexibility index (Phi) is 4.42. The number of rotatable bonds is 1. The molecule has 0 aliphatic rings. The largest absolute Gasteiger partial charge is 0.265 e. The molecular formula is C15H14N2O2S. The Morgan fingerprint density at radius 3 is 2.45 bits per heavy atom. The highest BCUT2D eigenvalue weighted by Gasteiger charge is 2.05. The van der Waals surface area contributed by atoms with Crippen molar-refractivity contribution in [3.63, 3.8) is 0 Å². The number of thiophene rings is 1. The molecule has 0 aliphatic heterocycles. The van der Waals surface area contributed by atoms with Gasteiger partial charge in [-0.05, 0) is 29.5 Å². The number of hydrogen-bond donors (Lipinski definition) is 0. The van der Waals surface area contributed by atoms with Crippen LogP contribution in [0.2, 0.25) is 0 Å². The zero-order valence-corrected chi connectivity index (χ0v) is 12.1. The lowest BCUT2D eigenvalue weighted by atomic mass is 10.1. The van der Waals surface area contributed by atoms with Crippen molar-refractivity contribution in [3.05, 3.63) is 64.5 Å². The molecule has 5 heteroatoms. The Bertz CT molecular complexity index is 719. The molecule has 102 valence electrons. The zero-order valence-electron chi connectivity index (χ0n) is 11.2. The van der Waals surface area contributed by atoms with Gasteiger partial charge in [0.1, 0.15) is 0 Å². The molecule has 0 saturated carbocycles. The quantitative estimate of drug-likeness (QED) is 0.498. The maximum Gasteiger partial charge on any atom is 0.194 e. The molecule has 3 rings (SSSR count). The number of pyridine rings is 1. The van der Waals surface area contributed by atoms with E-state index in [2.05, 4.69) is 42.2 Å². The molecular weight excluding hydrogens is 272 g/mol. The van der Waals surface area contributed by atoms with Gasteiger partial charge in [0, 0.05) is 22.2 Å². The van der Waals surface area contributed by atoms with Crippen LogP contribution in [-0.2, 0) is 0 Å². The summed E-state index contributed by atoms with van der Waals surface area (Å²) in [5.74, 6) is 0. The maximum atomic E-state index is 8.81. The summed E-state index contributed by atoms with van der Waals surface area (Å²) in [7, 11) is 0.889. The molecule has 0 spiro atoms. The molecule has 0 unspecified atom stereocenters. The standard InChI is InChI=1S/C14H11NS.CH3NO2/c1-10-8-15-9-14-12(10)7-13(16-14)11-5-3-2-4-6-11;1-2(3)4/h2-9H,1H3;1H3. The smallest absolute Gasteiger partial charge is 0.194 e. The van der Waals surface area contributed by atoms with Gasteiger partial charge in [0.05, 0.1) is 4.70 Å². The third-order valence-corrected chi connectivity index (χ3v) is 3.82. The van der Waals surface area contributed by atoms with Crippen LogP contribution in [0.4, 0.5) is 0 Å². The van der Waals surface area contributed by atoms with E-state index >= 15 is 0 Å². The summed E-state index contributed by atoms with van der Waals surface area (Å²) in [6.07, 6.45) is 3.86. The first-order valence-electron chi connectivity index (χ1n) is 6.05. The van der Waals surface area contributed by atoms with Crippen molar-refractivity contribution in [2.45, 2.75) is 6.92 Å². The molecule has 0 radical (unpaired) electrons. The summed E-state index contributed by atoms with van der Waals surface area (Å²) < 4.78 is 1.26. The summed E-state index contributed by atoms with van der Waals surface area (Å²) in [5, 5.41) is 10.1. The van der Waals surface area contributed by atoms with Crippen LogP contribution in [0.25, 0.3) is 20.5 Å². The maximum absolute atomic E-state index is 8.81. The van der Waals surface area contributed by atoms with Crippen molar-refractivity contribution in [2.24, 2.45) is 0 Å². The van der Waals surface area contributed by atoms with Crippen molar-refractivity contribution >= 4 is 21.4 Å². The molecule has 0 saturated heterocycles. The number of nitro groups is 1. The minimum absolute atomic E-state index is 0.500. The first-order chi connectivity index (χ1) is 9.58. The monoisotopic (exact) mass is 286 g/mol. The highest BCUT2D eigenvalue weighted by atomic mass is 32.1. The van der Waals surface area contributed by atoms with Crippen LogP contribution in [0, 0.1) is 17.0 Å². The Balaban J connectivity index is 0.000000328. The van der Waals surface area contributed by atoms with Gasteiger partial charge < -0.3 is 0 Å². The van der Waals surface area contributed by atoms with Gasteiger partial charge in [-0.2, -0.15) is 0 Å². The van der Waals surface area contributed by atoms with Crippen LogP contribution in [-0.4, -0.2) is 17.0 Å². The third kappa shape index (κ3) is 3.39. The van der Waals surface area contributed by atoms with Gasteiger partial charge in [-0.1, -0.05) is 30.3 Å². The van der Waals surface area contributed by atoms with Crippen molar-refractivity contribution in [1.82, 2.24) is 4.98 Å². The molecule has 0 aliphatic carbocycles. The van der Waals surface area contributed by atoms with Gasteiger partial charge in [0.15, 0.2) is 7.05 Å². The van der Waals surface area contributed by atoms with Crippen LogP contribution < -0.4 is 0 Å². The van der Waals surface area contributed by atoms with E-state index in [0.717, 1.165) is 7.05 Å². The van der Waals surface area contributed by atoms with Crippen molar-refractivity contribution in [2.75, 3.05) is 7.05 Å². The lowest BCUT2D eigenvalue weighted by molar-refractivity contribution is -0.445. The summed E-state index contributed by atoms with van der Waals surface area (Å²) in [5.41, 5.74) is 2.53. The fraction of sp³-hybridized carbons (Fsp3) is 0.133. The molecule has 2 aromatic heterocycles. The molecule has 1 aromatic carbocycles. The van der Waals surface area contributed by atoms with E-state index in [9.17, 15) is 0 Å². The molecule has 20 heavy (non-hydrogen) atoms. The minimum atomic E-state index is -0.500. The number of aromatic nitrogens is 1. The average Bonchev–Trinajstić information content (AvgIpc) is 2.85. The fourth-order valence-corrected chi connectivity index (χ4v) is 2.95. The number of nitrogens with zero attached hydrogens (tertiary/aromatic N) is 2. The van der Waals surface area contributed by atoms with Crippen molar-refractivity contribution in [1.29, 1.82) is 0 Å². The fourth-order valence-electron chi connectivity index (χ4n) is 1.84. The molecule has 4 nitrogen and oxygen atoms in total. The topological polar surface area (TPSA) is 56.0 Å². The van der Waals surface area contributed by atoms with Gasteiger partial charge in [-0.15, -0.1) is 11.3 Å². The van der Waals surface area contributed by atoms with Gasteiger partial charge in [0.25, 0.3) is 0 Å². The number of aryl methyl sites for hydroxylation is 1. The second kappa shape index (κ2) is 6.25. The van der Waals surface area contributed by atoms with E-state index in [1.165, 1.54) is 26.1 Å². The summed E-state index contributed by atoms with van der Waals surface area (Å²) in [6, 6.07) is 12.7. The number of benzene rings is 1. The number of fused-ring (bicyclic) bond motifs is 1. The van der Waals surface area contributed by atoms with Crippen LogP contribution in [0.1, 0.15) is 5.56 Å². The molecule has 2 heterocycles. The number of hydrogen-bond acceptors (Lipinski definition) is 4. The van der Waals surface area contributed by atoms with Crippen LogP contribution in [0.3, 0.4) is 0 Å². The summed E-state index contributed by atoms with van der Waals surface area (Å²) in [6.45, 7) is 2.11. The second-order valence-electron chi connectivity index (χ2n) is 4.28. The Morgan fingerprint density at radius 2 is 1.85 bits per heavy atom. The predicted molar refractivity (Wildman–Crippen MR) is 82.7 cm³/mol. The highest BCUT2D eigenvalue weighted by molar-refractivity contribution is 7.22. The molecule has 0 atom stereocenters. The Labute approximate surface area is 120 Å². The Morgan fingerprint density at radius 1 is 1.20 bits per heavy atom. The van der Waals surface area contributed by atoms with Gasteiger partial charge in [0.2, 0.25) is 0 Å². The van der Waals surface area contributed by atoms with Gasteiger partial charge in [-0.25, -0.2) is 0 Å². The van der Waals surface area contributed by atoms with E-state index in [1.54, 1.807) is 11.3 Å². The van der Waals surface area contributed by atoms with E-state index in [1.807, 2.05) is 18.5 Å². The molecule has 0 fully saturated rings. The van der Waals surface area contributed by atoms with Gasteiger partial charge in [-0.3, -0.25) is 15.1 Å². The van der Waals surface area contributed by atoms with Crippen molar-refractivity contribution in [3.8, 4) is 10.4 Å². The lowest BCUT2D eigenvalue weighted by Crippen LogP contribution is -1.79. The van der Waals surface area contributed by atoms with E-state index in [4.69, 9.17) is 10.1 Å². The third-order valence-electron chi connectivity index (χ3n) is 2.70. The second-order valence-corrected chi connectivity index (χ2v) is 5.37. The molecule has 0 bridgehead atoms.